The van der Waals surface area contributed by atoms with E-state index in [4.69, 9.17) is 9.52 Å². The summed E-state index contributed by atoms with van der Waals surface area (Å²) in [6.45, 7) is 1.88. The van der Waals surface area contributed by atoms with Crippen LogP contribution in [-0.2, 0) is 4.79 Å². The Morgan fingerprint density at radius 2 is 2.26 bits per heavy atom. The molecule has 0 fully saturated rings. The number of carbonyl (C=O) groups excluding carboxylic acids is 1. The van der Waals surface area contributed by atoms with Gasteiger partial charge in [-0.1, -0.05) is 0 Å². The van der Waals surface area contributed by atoms with Crippen molar-refractivity contribution in [1.29, 1.82) is 0 Å². The van der Waals surface area contributed by atoms with Crippen molar-refractivity contribution in [2.45, 2.75) is 13.3 Å². The Kier molecular flexibility index (Phi) is 3.65. The van der Waals surface area contributed by atoms with Gasteiger partial charge in [-0.05, 0) is 19.1 Å². The number of hydrogen-bond donors (Lipinski definition) is 3. The fourth-order valence-corrected chi connectivity index (χ4v) is 1.52. The van der Waals surface area contributed by atoms with Gasteiger partial charge in [-0.25, -0.2) is 0 Å². The lowest BCUT2D eigenvalue weighted by Gasteiger charge is -1.99. The van der Waals surface area contributed by atoms with Crippen molar-refractivity contribution in [2.24, 2.45) is 0 Å². The monoisotopic (exact) mass is 263 g/mol. The van der Waals surface area contributed by atoms with Crippen molar-refractivity contribution < 1.29 is 19.1 Å². The smallest absolute Gasteiger partial charge is 0.305 e. The van der Waals surface area contributed by atoms with E-state index in [0.29, 0.717) is 11.5 Å². The number of amides is 1. The standard InChI is InChI=1S/C12H13N3O4/c1-7-2-3-10(19-7)8-6-9(15-14-8)12(18)13-5-4-11(16)17/h2-3,6H,4-5H2,1H3,(H,13,18)(H,14,15)(H,16,17). The first-order valence-corrected chi connectivity index (χ1v) is 5.68. The predicted octanol–water partition coefficient (Wildman–Crippen LogP) is 1.18. The maximum absolute atomic E-state index is 11.7. The molecule has 0 aliphatic carbocycles. The Bertz CT molecular complexity index is 600. The number of H-pyrrole nitrogens is 1. The summed E-state index contributed by atoms with van der Waals surface area (Å²) in [5.74, 6) is -0.0345. The topological polar surface area (TPSA) is 108 Å². The minimum absolute atomic E-state index is 0.0657. The van der Waals surface area contributed by atoms with Gasteiger partial charge in [0.15, 0.2) is 11.5 Å². The van der Waals surface area contributed by atoms with Crippen LogP contribution in [0.2, 0.25) is 0 Å². The van der Waals surface area contributed by atoms with Gasteiger partial charge < -0.3 is 14.8 Å². The number of aliphatic carboxylic acids is 1. The Labute approximate surface area is 108 Å². The summed E-state index contributed by atoms with van der Waals surface area (Å²) in [5.41, 5.74) is 0.783. The zero-order chi connectivity index (χ0) is 13.8. The predicted molar refractivity (Wildman–Crippen MR) is 65.6 cm³/mol. The zero-order valence-corrected chi connectivity index (χ0v) is 10.3. The molecule has 19 heavy (non-hydrogen) atoms. The molecule has 0 atom stereocenters. The van der Waals surface area contributed by atoms with E-state index in [9.17, 15) is 9.59 Å². The minimum Gasteiger partial charge on any atom is -0.481 e. The molecule has 0 aromatic carbocycles. The van der Waals surface area contributed by atoms with Crippen molar-refractivity contribution in [3.63, 3.8) is 0 Å². The number of aromatic nitrogens is 2. The highest BCUT2D eigenvalue weighted by Crippen LogP contribution is 2.20. The van der Waals surface area contributed by atoms with Crippen LogP contribution in [0.4, 0.5) is 0 Å². The molecule has 2 aromatic rings. The second-order valence-electron chi connectivity index (χ2n) is 3.98. The van der Waals surface area contributed by atoms with Gasteiger partial charge in [0, 0.05) is 12.6 Å². The first kappa shape index (κ1) is 12.9. The normalized spacial score (nSPS) is 10.4. The number of carboxylic acids is 1. The molecule has 7 heteroatoms. The molecule has 0 bridgehead atoms. The summed E-state index contributed by atoms with van der Waals surface area (Å²) in [6, 6.07) is 5.13. The second-order valence-corrected chi connectivity index (χ2v) is 3.98. The number of aryl methyl sites for hydroxylation is 1. The molecular formula is C12H13N3O4. The summed E-state index contributed by atoms with van der Waals surface area (Å²) in [4.78, 5) is 22.0. The average Bonchev–Trinajstić information content (AvgIpc) is 2.96. The van der Waals surface area contributed by atoms with E-state index in [1.54, 1.807) is 12.1 Å². The van der Waals surface area contributed by atoms with Gasteiger partial charge in [0.25, 0.3) is 5.91 Å². The van der Waals surface area contributed by atoms with Gasteiger partial charge in [0.1, 0.15) is 11.5 Å². The molecule has 1 amide bonds. The van der Waals surface area contributed by atoms with E-state index < -0.39 is 11.9 Å². The van der Waals surface area contributed by atoms with Crippen LogP contribution in [0.1, 0.15) is 22.7 Å². The molecule has 2 aromatic heterocycles. The van der Waals surface area contributed by atoms with Crippen LogP contribution in [0.3, 0.4) is 0 Å². The summed E-state index contributed by atoms with van der Waals surface area (Å²) in [5, 5.41) is 17.5. The van der Waals surface area contributed by atoms with Crippen molar-refractivity contribution in [3.8, 4) is 11.5 Å². The third-order valence-corrected chi connectivity index (χ3v) is 2.44. The molecule has 0 radical (unpaired) electrons. The largest absolute Gasteiger partial charge is 0.481 e. The lowest BCUT2D eigenvalue weighted by Crippen LogP contribution is -2.26. The number of nitrogens with one attached hydrogen (secondary N) is 2. The zero-order valence-electron chi connectivity index (χ0n) is 10.3. The van der Waals surface area contributed by atoms with E-state index in [-0.39, 0.29) is 18.7 Å². The van der Waals surface area contributed by atoms with Crippen LogP contribution in [0.15, 0.2) is 22.6 Å². The molecule has 100 valence electrons. The third kappa shape index (κ3) is 3.21. The fourth-order valence-electron chi connectivity index (χ4n) is 1.52. The molecule has 0 aliphatic rings. The van der Waals surface area contributed by atoms with Crippen LogP contribution in [0, 0.1) is 6.92 Å². The number of carbonyl (C=O) groups is 2. The highest BCUT2D eigenvalue weighted by atomic mass is 16.4. The SMILES string of the molecule is Cc1ccc(-c2cc(C(=O)NCCC(=O)O)n[nH]2)o1. The Balaban J connectivity index is 2.00. The number of furan rings is 1. The van der Waals surface area contributed by atoms with Crippen LogP contribution in [0.5, 0.6) is 0 Å². The fraction of sp³-hybridized carbons (Fsp3) is 0.250. The molecule has 0 saturated carbocycles. The number of hydrogen-bond acceptors (Lipinski definition) is 4. The molecule has 0 spiro atoms. The number of nitrogens with zero attached hydrogens (tertiary/aromatic N) is 1. The number of rotatable bonds is 5. The minimum atomic E-state index is -0.964. The van der Waals surface area contributed by atoms with Crippen molar-refractivity contribution in [1.82, 2.24) is 15.5 Å². The third-order valence-electron chi connectivity index (χ3n) is 2.44. The molecule has 0 saturated heterocycles. The summed E-state index contributed by atoms with van der Waals surface area (Å²) in [6.07, 6.45) is -0.125. The van der Waals surface area contributed by atoms with Crippen LogP contribution in [0.25, 0.3) is 11.5 Å². The molecule has 2 heterocycles. The van der Waals surface area contributed by atoms with Gasteiger partial charge in [-0.15, -0.1) is 0 Å². The van der Waals surface area contributed by atoms with Crippen LogP contribution < -0.4 is 5.32 Å². The quantitative estimate of drug-likeness (QED) is 0.750. The molecule has 7 nitrogen and oxygen atoms in total. The second kappa shape index (κ2) is 5.38. The number of carboxylic acid groups (broad SMARTS) is 1. The van der Waals surface area contributed by atoms with Crippen LogP contribution >= 0.6 is 0 Å². The maximum atomic E-state index is 11.7. The maximum Gasteiger partial charge on any atom is 0.305 e. The average molecular weight is 263 g/mol. The van der Waals surface area contributed by atoms with E-state index >= 15 is 0 Å². The van der Waals surface area contributed by atoms with Gasteiger partial charge in [-0.3, -0.25) is 14.7 Å². The summed E-state index contributed by atoms with van der Waals surface area (Å²) in [7, 11) is 0. The number of aromatic amines is 1. The first-order valence-electron chi connectivity index (χ1n) is 5.68. The Hall–Kier alpha value is -2.57. The van der Waals surface area contributed by atoms with Gasteiger partial charge in [0.2, 0.25) is 0 Å². The molecular weight excluding hydrogens is 250 g/mol. The van der Waals surface area contributed by atoms with Crippen molar-refractivity contribution >= 4 is 11.9 Å². The Morgan fingerprint density at radius 3 is 2.89 bits per heavy atom. The summed E-state index contributed by atoms with van der Waals surface area (Å²) >= 11 is 0. The lowest BCUT2D eigenvalue weighted by molar-refractivity contribution is -0.136. The highest BCUT2D eigenvalue weighted by Gasteiger charge is 2.13. The lowest BCUT2D eigenvalue weighted by atomic mass is 10.3. The molecule has 2 rings (SSSR count). The van der Waals surface area contributed by atoms with E-state index in [2.05, 4.69) is 15.5 Å². The molecule has 0 aliphatic heterocycles. The van der Waals surface area contributed by atoms with Gasteiger partial charge in [0.05, 0.1) is 6.42 Å². The van der Waals surface area contributed by atoms with Crippen LogP contribution in [-0.4, -0.2) is 33.7 Å². The van der Waals surface area contributed by atoms with Crippen molar-refractivity contribution in [2.75, 3.05) is 6.54 Å². The van der Waals surface area contributed by atoms with E-state index in [1.165, 1.54) is 0 Å². The van der Waals surface area contributed by atoms with Crippen molar-refractivity contribution in [3.05, 3.63) is 29.7 Å². The molecule has 0 unspecified atom stereocenters. The Morgan fingerprint density at radius 1 is 1.47 bits per heavy atom. The van der Waals surface area contributed by atoms with E-state index in [0.717, 1.165) is 5.76 Å². The van der Waals surface area contributed by atoms with E-state index in [1.807, 2.05) is 13.0 Å². The summed E-state index contributed by atoms with van der Waals surface area (Å²) < 4.78 is 5.39. The van der Waals surface area contributed by atoms with Gasteiger partial charge in [-0.2, -0.15) is 5.10 Å². The first-order chi connectivity index (χ1) is 9.06. The molecule has 3 N–H and O–H groups in total. The highest BCUT2D eigenvalue weighted by molar-refractivity contribution is 5.93. The van der Waals surface area contributed by atoms with Gasteiger partial charge >= 0.3 is 5.97 Å².